The van der Waals surface area contributed by atoms with Crippen LogP contribution in [0, 0.1) is 6.92 Å². The number of carbonyl (C=O) groups is 3. The maximum absolute atomic E-state index is 12.4. The quantitative estimate of drug-likeness (QED) is 0.741. The standard InChI is InChI=1S/C19H17BrN2O3/c1-12-3-8-15-16(9-12)19(25)22(18(15)24)11-17(23)21(2)10-13-4-6-14(20)7-5-13/h3-9H,10-11H2,1-2H3. The zero-order valence-electron chi connectivity index (χ0n) is 14.0. The number of imide groups is 1. The number of carbonyl (C=O) groups excluding carboxylic acids is 3. The molecular weight excluding hydrogens is 384 g/mol. The van der Waals surface area contributed by atoms with Gasteiger partial charge in [-0.1, -0.05) is 39.7 Å². The topological polar surface area (TPSA) is 57.7 Å². The first-order chi connectivity index (χ1) is 11.9. The summed E-state index contributed by atoms with van der Waals surface area (Å²) in [5, 5.41) is 0. The molecular formula is C19H17BrN2O3. The number of halogens is 1. The molecule has 1 aliphatic rings. The normalized spacial score (nSPS) is 13.2. The summed E-state index contributed by atoms with van der Waals surface area (Å²) in [6, 6.07) is 12.7. The van der Waals surface area contributed by atoms with E-state index in [4.69, 9.17) is 0 Å². The first kappa shape index (κ1) is 17.4. The molecule has 3 rings (SSSR count). The van der Waals surface area contributed by atoms with Crippen molar-refractivity contribution in [2.45, 2.75) is 13.5 Å². The number of hydrogen-bond acceptors (Lipinski definition) is 3. The van der Waals surface area contributed by atoms with E-state index in [0.717, 1.165) is 20.5 Å². The predicted molar refractivity (Wildman–Crippen MR) is 97.2 cm³/mol. The molecule has 0 spiro atoms. The van der Waals surface area contributed by atoms with Gasteiger partial charge in [-0.3, -0.25) is 19.3 Å². The van der Waals surface area contributed by atoms with E-state index in [1.807, 2.05) is 31.2 Å². The van der Waals surface area contributed by atoms with Crippen LogP contribution in [0.25, 0.3) is 0 Å². The highest BCUT2D eigenvalue weighted by atomic mass is 79.9. The first-order valence-electron chi connectivity index (χ1n) is 7.82. The molecule has 0 aromatic heterocycles. The van der Waals surface area contributed by atoms with Gasteiger partial charge >= 0.3 is 0 Å². The number of nitrogens with zero attached hydrogens (tertiary/aromatic N) is 2. The van der Waals surface area contributed by atoms with Crippen molar-refractivity contribution >= 4 is 33.7 Å². The molecule has 1 aliphatic heterocycles. The number of rotatable bonds is 4. The van der Waals surface area contributed by atoms with E-state index in [0.29, 0.717) is 17.7 Å². The van der Waals surface area contributed by atoms with E-state index < -0.39 is 11.8 Å². The smallest absolute Gasteiger partial charge is 0.262 e. The van der Waals surface area contributed by atoms with E-state index in [2.05, 4.69) is 15.9 Å². The van der Waals surface area contributed by atoms with Crippen LogP contribution < -0.4 is 0 Å². The van der Waals surface area contributed by atoms with E-state index in [1.54, 1.807) is 25.2 Å². The average molecular weight is 401 g/mol. The Kier molecular flexibility index (Phi) is 4.72. The van der Waals surface area contributed by atoms with Crippen molar-refractivity contribution in [3.05, 3.63) is 69.2 Å². The Labute approximate surface area is 154 Å². The minimum atomic E-state index is -0.412. The highest BCUT2D eigenvalue weighted by molar-refractivity contribution is 9.10. The molecule has 0 fully saturated rings. The summed E-state index contributed by atoms with van der Waals surface area (Å²) in [7, 11) is 1.66. The van der Waals surface area contributed by atoms with Crippen molar-refractivity contribution < 1.29 is 14.4 Å². The number of hydrogen-bond donors (Lipinski definition) is 0. The van der Waals surface area contributed by atoms with E-state index in [1.165, 1.54) is 4.90 Å². The second kappa shape index (κ2) is 6.80. The molecule has 5 nitrogen and oxygen atoms in total. The fourth-order valence-corrected chi connectivity index (χ4v) is 3.02. The maximum atomic E-state index is 12.4. The molecule has 0 N–H and O–H groups in total. The molecule has 6 heteroatoms. The molecule has 3 amide bonds. The van der Waals surface area contributed by atoms with Gasteiger partial charge < -0.3 is 4.90 Å². The summed E-state index contributed by atoms with van der Waals surface area (Å²) in [6.45, 7) is 2.02. The maximum Gasteiger partial charge on any atom is 0.262 e. The van der Waals surface area contributed by atoms with E-state index in [-0.39, 0.29) is 12.5 Å². The summed E-state index contributed by atoms with van der Waals surface area (Å²) in [5.41, 5.74) is 2.60. The van der Waals surface area contributed by atoms with Gasteiger partial charge in [0.05, 0.1) is 11.1 Å². The molecule has 0 unspecified atom stereocenters. The Morgan fingerprint density at radius 2 is 1.68 bits per heavy atom. The Balaban J connectivity index is 1.70. The molecule has 0 aliphatic carbocycles. The third-order valence-corrected chi connectivity index (χ3v) is 4.71. The number of amides is 3. The summed E-state index contributed by atoms with van der Waals surface area (Å²) < 4.78 is 0.964. The van der Waals surface area contributed by atoms with Gasteiger partial charge in [-0.2, -0.15) is 0 Å². The van der Waals surface area contributed by atoms with Crippen molar-refractivity contribution in [1.82, 2.24) is 9.80 Å². The van der Waals surface area contributed by atoms with Gasteiger partial charge in [0.25, 0.3) is 11.8 Å². The molecule has 2 aromatic rings. The van der Waals surface area contributed by atoms with Crippen molar-refractivity contribution in [1.29, 1.82) is 0 Å². The molecule has 2 aromatic carbocycles. The largest absolute Gasteiger partial charge is 0.340 e. The predicted octanol–water partition coefficient (Wildman–Crippen LogP) is 3.01. The molecule has 0 bridgehead atoms. The van der Waals surface area contributed by atoms with Crippen LogP contribution in [0.1, 0.15) is 31.8 Å². The zero-order valence-corrected chi connectivity index (χ0v) is 15.5. The molecule has 0 radical (unpaired) electrons. The molecule has 25 heavy (non-hydrogen) atoms. The lowest BCUT2D eigenvalue weighted by Crippen LogP contribution is -2.40. The molecule has 0 atom stereocenters. The van der Waals surface area contributed by atoms with Gasteiger partial charge in [0.2, 0.25) is 5.91 Å². The van der Waals surface area contributed by atoms with Crippen molar-refractivity contribution in [2.24, 2.45) is 0 Å². The van der Waals surface area contributed by atoms with Crippen LogP contribution in [0.4, 0.5) is 0 Å². The zero-order chi connectivity index (χ0) is 18.1. The number of fused-ring (bicyclic) bond motifs is 1. The van der Waals surface area contributed by atoms with Gasteiger partial charge in [-0.25, -0.2) is 0 Å². The van der Waals surface area contributed by atoms with Crippen LogP contribution >= 0.6 is 15.9 Å². The molecule has 0 saturated heterocycles. The van der Waals surface area contributed by atoms with Crippen molar-refractivity contribution in [3.8, 4) is 0 Å². The monoisotopic (exact) mass is 400 g/mol. The minimum absolute atomic E-state index is 0.252. The van der Waals surface area contributed by atoms with Crippen LogP contribution in [-0.4, -0.2) is 41.1 Å². The lowest BCUT2D eigenvalue weighted by Gasteiger charge is -2.20. The van der Waals surface area contributed by atoms with Gasteiger partial charge in [0.1, 0.15) is 6.54 Å². The lowest BCUT2D eigenvalue weighted by atomic mass is 10.1. The van der Waals surface area contributed by atoms with Crippen LogP contribution in [0.5, 0.6) is 0 Å². The van der Waals surface area contributed by atoms with Crippen LogP contribution in [-0.2, 0) is 11.3 Å². The van der Waals surface area contributed by atoms with Crippen LogP contribution in [0.3, 0.4) is 0 Å². The summed E-state index contributed by atoms with van der Waals surface area (Å²) >= 11 is 3.37. The fraction of sp³-hybridized carbons (Fsp3) is 0.211. The second-order valence-electron chi connectivity index (χ2n) is 6.12. The van der Waals surface area contributed by atoms with Gasteiger partial charge in [0, 0.05) is 18.1 Å². The fourth-order valence-electron chi connectivity index (χ4n) is 2.76. The third kappa shape index (κ3) is 3.49. The summed E-state index contributed by atoms with van der Waals surface area (Å²) in [5.74, 6) is -1.10. The highest BCUT2D eigenvalue weighted by Gasteiger charge is 2.37. The molecule has 0 saturated carbocycles. The highest BCUT2D eigenvalue weighted by Crippen LogP contribution is 2.24. The molecule has 1 heterocycles. The Bertz CT molecular complexity index is 861. The number of benzene rings is 2. The van der Waals surface area contributed by atoms with Gasteiger partial charge in [-0.05, 0) is 36.8 Å². The van der Waals surface area contributed by atoms with E-state index in [9.17, 15) is 14.4 Å². The van der Waals surface area contributed by atoms with Crippen LogP contribution in [0.2, 0.25) is 0 Å². The first-order valence-corrected chi connectivity index (χ1v) is 8.61. The minimum Gasteiger partial charge on any atom is -0.340 e. The Morgan fingerprint density at radius 1 is 1.04 bits per heavy atom. The second-order valence-corrected chi connectivity index (χ2v) is 7.04. The van der Waals surface area contributed by atoms with Crippen molar-refractivity contribution in [3.63, 3.8) is 0 Å². The number of aryl methyl sites for hydroxylation is 1. The molecule has 128 valence electrons. The number of likely N-dealkylation sites (N-methyl/N-ethyl adjacent to an activating group) is 1. The summed E-state index contributed by atoms with van der Waals surface area (Å²) in [4.78, 5) is 39.8. The third-order valence-electron chi connectivity index (χ3n) is 4.18. The van der Waals surface area contributed by atoms with Gasteiger partial charge in [0.15, 0.2) is 0 Å². The lowest BCUT2D eigenvalue weighted by molar-refractivity contribution is -0.130. The average Bonchev–Trinajstić information content (AvgIpc) is 2.81. The SMILES string of the molecule is Cc1ccc2c(c1)C(=O)N(CC(=O)N(C)Cc1ccc(Br)cc1)C2=O. The summed E-state index contributed by atoms with van der Waals surface area (Å²) in [6.07, 6.45) is 0. The van der Waals surface area contributed by atoms with E-state index >= 15 is 0 Å². The Hall–Kier alpha value is -2.47. The van der Waals surface area contributed by atoms with Crippen molar-refractivity contribution in [2.75, 3.05) is 13.6 Å². The Morgan fingerprint density at radius 3 is 2.36 bits per heavy atom. The van der Waals surface area contributed by atoms with Crippen LogP contribution in [0.15, 0.2) is 46.9 Å². The van der Waals surface area contributed by atoms with Gasteiger partial charge in [-0.15, -0.1) is 0 Å².